The fourth-order valence-electron chi connectivity index (χ4n) is 2.48. The highest BCUT2D eigenvalue weighted by molar-refractivity contribution is 7.59. The molecule has 2 N–H and O–H groups in total. The second-order valence-corrected chi connectivity index (χ2v) is 8.00. The number of carboxylic acids is 1. The first-order chi connectivity index (χ1) is 14.3. The second-order valence-electron chi connectivity index (χ2n) is 6.28. The zero-order chi connectivity index (χ0) is 22.0. The smallest absolute Gasteiger partial charge is 0.306 e. The van der Waals surface area contributed by atoms with Crippen LogP contribution in [0.15, 0.2) is 48.5 Å². The van der Waals surface area contributed by atoms with Gasteiger partial charge >= 0.3 is 11.9 Å². The number of hydrogen-bond acceptors (Lipinski definition) is 7. The molecule has 0 saturated heterocycles. The second kappa shape index (κ2) is 11.2. The highest BCUT2D eigenvalue weighted by Crippen LogP contribution is 2.43. The summed E-state index contributed by atoms with van der Waals surface area (Å²) in [6, 6.07) is 15.7. The Labute approximate surface area is 174 Å². The fourth-order valence-corrected chi connectivity index (χ4v) is 3.35. The van der Waals surface area contributed by atoms with Gasteiger partial charge in [0.25, 0.3) is 7.57 Å². The molecule has 30 heavy (non-hydrogen) atoms. The van der Waals surface area contributed by atoms with Crippen molar-refractivity contribution in [1.29, 1.82) is 5.26 Å². The summed E-state index contributed by atoms with van der Waals surface area (Å²) in [6.45, 7) is -0.223. The van der Waals surface area contributed by atoms with Crippen LogP contribution in [0.3, 0.4) is 0 Å². The molecule has 0 aliphatic carbocycles. The maximum absolute atomic E-state index is 12.0. The summed E-state index contributed by atoms with van der Waals surface area (Å²) >= 11 is 0. The molecule has 0 saturated carbocycles. The van der Waals surface area contributed by atoms with Gasteiger partial charge in [0.05, 0.1) is 24.7 Å². The normalized spacial score (nSPS) is 12.4. The molecular formula is C21H22NO7P. The highest BCUT2D eigenvalue weighted by Gasteiger charge is 2.15. The highest BCUT2D eigenvalue weighted by atomic mass is 31.2. The van der Waals surface area contributed by atoms with Gasteiger partial charge in [0.1, 0.15) is 12.4 Å². The van der Waals surface area contributed by atoms with Gasteiger partial charge in [-0.15, -0.1) is 0 Å². The van der Waals surface area contributed by atoms with E-state index in [1.807, 2.05) is 6.07 Å². The Kier molecular flexibility index (Phi) is 8.63. The van der Waals surface area contributed by atoms with Crippen molar-refractivity contribution < 1.29 is 33.4 Å². The van der Waals surface area contributed by atoms with Crippen molar-refractivity contribution in [3.05, 3.63) is 65.2 Å². The largest absolute Gasteiger partial charge is 0.481 e. The van der Waals surface area contributed by atoms with Gasteiger partial charge in [0, 0.05) is 6.42 Å². The third kappa shape index (κ3) is 8.10. The molecular weight excluding hydrogens is 409 g/mol. The summed E-state index contributed by atoms with van der Waals surface area (Å²) in [7, 11) is -3.48. The van der Waals surface area contributed by atoms with Crippen molar-refractivity contribution in [3.8, 4) is 11.8 Å². The van der Waals surface area contributed by atoms with Gasteiger partial charge in [-0.05, 0) is 42.0 Å². The molecule has 158 valence electrons. The number of carboxylic acid groups (broad SMARTS) is 1. The van der Waals surface area contributed by atoms with E-state index < -0.39 is 19.5 Å². The lowest BCUT2D eigenvalue weighted by atomic mass is 10.0. The number of aliphatic carboxylic acids is 1. The third-order valence-electron chi connectivity index (χ3n) is 3.89. The summed E-state index contributed by atoms with van der Waals surface area (Å²) in [5.74, 6) is -1.21. The van der Waals surface area contributed by atoms with Crippen molar-refractivity contribution in [2.45, 2.75) is 25.9 Å². The van der Waals surface area contributed by atoms with E-state index in [-0.39, 0.29) is 31.8 Å². The quantitative estimate of drug-likeness (QED) is 0.410. The van der Waals surface area contributed by atoms with Crippen LogP contribution in [0.1, 0.15) is 29.5 Å². The first kappa shape index (κ1) is 23.2. The molecule has 0 amide bonds. The molecule has 0 spiro atoms. The average molecular weight is 431 g/mol. The minimum atomic E-state index is -3.48. The van der Waals surface area contributed by atoms with Crippen LogP contribution < -0.4 is 4.52 Å². The molecule has 0 fully saturated rings. The van der Waals surface area contributed by atoms with Crippen LogP contribution in [-0.2, 0) is 31.9 Å². The number of hydrogen-bond donors (Lipinski definition) is 2. The SMILES string of the molecule is C=P(O)(OCCC(=O)O)Oc1cccc(COC(=O)CCc2ccccc2C#N)c1. The molecule has 2 rings (SSSR count). The first-order valence-electron chi connectivity index (χ1n) is 9.04. The number of nitriles is 1. The molecule has 9 heteroatoms. The van der Waals surface area contributed by atoms with E-state index in [9.17, 15) is 14.5 Å². The Balaban J connectivity index is 1.84. The molecule has 0 aliphatic heterocycles. The van der Waals surface area contributed by atoms with Crippen LogP contribution in [0.2, 0.25) is 0 Å². The maximum Gasteiger partial charge on any atom is 0.306 e. The van der Waals surface area contributed by atoms with E-state index in [4.69, 9.17) is 24.2 Å². The topological polar surface area (TPSA) is 126 Å². The molecule has 0 bridgehead atoms. The summed E-state index contributed by atoms with van der Waals surface area (Å²) in [5.41, 5.74) is 1.95. The van der Waals surface area contributed by atoms with E-state index in [2.05, 4.69) is 12.4 Å². The van der Waals surface area contributed by atoms with Crippen LogP contribution >= 0.6 is 7.57 Å². The lowest BCUT2D eigenvalue weighted by molar-refractivity contribution is -0.145. The number of carbonyl (C=O) groups excluding carboxylic acids is 1. The lowest BCUT2D eigenvalue weighted by Crippen LogP contribution is -2.07. The van der Waals surface area contributed by atoms with Gasteiger partial charge < -0.3 is 23.8 Å². The maximum atomic E-state index is 12.0. The molecule has 0 aromatic heterocycles. The number of rotatable bonds is 11. The number of esters is 1. The van der Waals surface area contributed by atoms with Gasteiger partial charge in [0.2, 0.25) is 0 Å². The molecule has 1 unspecified atom stereocenters. The molecule has 0 heterocycles. The monoisotopic (exact) mass is 431 g/mol. The van der Waals surface area contributed by atoms with Gasteiger partial charge in [-0.25, -0.2) is 0 Å². The van der Waals surface area contributed by atoms with Crippen molar-refractivity contribution in [2.75, 3.05) is 6.61 Å². The summed E-state index contributed by atoms with van der Waals surface area (Å²) in [6.07, 6.45) is 3.71. The first-order valence-corrected chi connectivity index (χ1v) is 10.8. The van der Waals surface area contributed by atoms with Crippen molar-refractivity contribution in [1.82, 2.24) is 0 Å². The molecule has 2 aromatic rings. The number of carbonyl (C=O) groups is 2. The minimum Gasteiger partial charge on any atom is -0.481 e. The van der Waals surface area contributed by atoms with Crippen LogP contribution in [0.4, 0.5) is 0 Å². The molecule has 2 aromatic carbocycles. The average Bonchev–Trinajstić information content (AvgIpc) is 2.70. The van der Waals surface area contributed by atoms with E-state index in [1.165, 1.54) is 0 Å². The molecule has 0 aliphatic rings. The van der Waals surface area contributed by atoms with Crippen LogP contribution in [0.25, 0.3) is 0 Å². The van der Waals surface area contributed by atoms with Gasteiger partial charge in [-0.3, -0.25) is 9.59 Å². The van der Waals surface area contributed by atoms with E-state index >= 15 is 0 Å². The third-order valence-corrected chi connectivity index (χ3v) is 4.97. The van der Waals surface area contributed by atoms with Crippen molar-refractivity contribution >= 4 is 25.8 Å². The van der Waals surface area contributed by atoms with E-state index in [0.29, 0.717) is 17.5 Å². The lowest BCUT2D eigenvalue weighted by Gasteiger charge is -2.19. The van der Waals surface area contributed by atoms with Crippen molar-refractivity contribution in [2.24, 2.45) is 0 Å². The molecule has 1 atom stereocenters. The van der Waals surface area contributed by atoms with Crippen molar-refractivity contribution in [3.63, 3.8) is 0 Å². The number of benzene rings is 2. The summed E-state index contributed by atoms with van der Waals surface area (Å²) < 4.78 is 15.6. The Bertz CT molecular complexity index is 983. The van der Waals surface area contributed by atoms with Crippen LogP contribution in [0, 0.1) is 11.3 Å². The minimum absolute atomic E-state index is 0.00379. The van der Waals surface area contributed by atoms with E-state index in [1.54, 1.807) is 42.5 Å². The Morgan fingerprint density at radius 2 is 1.90 bits per heavy atom. The van der Waals surface area contributed by atoms with Gasteiger partial charge in [-0.2, -0.15) is 5.26 Å². The van der Waals surface area contributed by atoms with Crippen LogP contribution in [0.5, 0.6) is 5.75 Å². The number of aryl methyl sites for hydroxylation is 1. The number of ether oxygens (including phenoxy) is 1. The predicted molar refractivity (Wildman–Crippen MR) is 111 cm³/mol. The Morgan fingerprint density at radius 3 is 2.63 bits per heavy atom. The van der Waals surface area contributed by atoms with Gasteiger partial charge in [-0.1, -0.05) is 30.3 Å². The summed E-state index contributed by atoms with van der Waals surface area (Å²) in [5, 5.41) is 17.7. The Hall–Kier alpha value is -3.11. The standard InChI is InChI=1S/C21H22NO7P/c1-30(26,28-12-11-20(23)24)29-19-8-4-5-16(13-19)15-27-21(25)10-9-17-6-2-3-7-18(17)14-22/h2-8,13,26H,1,9-12,15H2,(H,23,24). The zero-order valence-corrected chi connectivity index (χ0v) is 17.1. The van der Waals surface area contributed by atoms with Crippen LogP contribution in [-0.4, -0.2) is 34.8 Å². The predicted octanol–water partition coefficient (Wildman–Crippen LogP) is 3.29. The molecule has 0 radical (unpaired) electrons. The zero-order valence-electron chi connectivity index (χ0n) is 16.2. The summed E-state index contributed by atoms with van der Waals surface area (Å²) in [4.78, 5) is 32.6. The van der Waals surface area contributed by atoms with Gasteiger partial charge in [0.15, 0.2) is 0 Å². The number of nitrogens with zero attached hydrogens (tertiary/aromatic N) is 1. The fraction of sp³-hybridized carbons (Fsp3) is 0.238. The van der Waals surface area contributed by atoms with E-state index in [0.717, 1.165) is 5.56 Å². The molecule has 8 nitrogen and oxygen atoms in total. The Morgan fingerprint density at radius 1 is 1.13 bits per heavy atom.